The van der Waals surface area contributed by atoms with E-state index >= 15 is 0 Å². The molecular formula is C24H22ClF3N4O3S. The van der Waals surface area contributed by atoms with Crippen LogP contribution in [0.4, 0.5) is 24.5 Å². The maximum atomic E-state index is 13.5. The number of pyridine rings is 1. The Bertz CT molecular complexity index is 1540. The molecule has 0 fully saturated rings. The monoisotopic (exact) mass is 538 g/mol. The lowest BCUT2D eigenvalue weighted by atomic mass is 10.1. The van der Waals surface area contributed by atoms with E-state index in [1.807, 2.05) is 19.0 Å². The molecule has 0 aliphatic carbocycles. The van der Waals surface area contributed by atoms with E-state index in [9.17, 15) is 21.6 Å². The van der Waals surface area contributed by atoms with E-state index in [-0.39, 0.29) is 5.15 Å². The number of rotatable bonds is 7. The quantitative estimate of drug-likeness (QED) is 0.302. The summed E-state index contributed by atoms with van der Waals surface area (Å²) in [6, 6.07) is 12.1. The number of halogens is 4. The summed E-state index contributed by atoms with van der Waals surface area (Å²) in [5.41, 5.74) is 0.918. The van der Waals surface area contributed by atoms with Crippen molar-refractivity contribution in [3.8, 4) is 5.88 Å². The van der Waals surface area contributed by atoms with Gasteiger partial charge in [0, 0.05) is 29.9 Å². The van der Waals surface area contributed by atoms with Gasteiger partial charge in [-0.15, -0.1) is 0 Å². The van der Waals surface area contributed by atoms with Gasteiger partial charge in [-0.3, -0.25) is 0 Å². The number of aromatic nitrogens is 2. The number of fused-ring (bicyclic) bond motifs is 1. The SMILES string of the molecule is COc1ccc(Nc2ccc3c(CN(C)C)cn(S(=O)(=O)c4cccc(C(F)(F)F)c4)c3c2)c(Cl)n1. The molecule has 12 heteroatoms. The summed E-state index contributed by atoms with van der Waals surface area (Å²) in [5.74, 6) is 0.329. The highest BCUT2D eigenvalue weighted by atomic mass is 35.5. The summed E-state index contributed by atoms with van der Waals surface area (Å²) in [6.45, 7) is 0.419. The van der Waals surface area contributed by atoms with Crippen LogP contribution < -0.4 is 10.1 Å². The average Bonchev–Trinajstić information content (AvgIpc) is 3.17. The number of methoxy groups -OCH3 is 1. The van der Waals surface area contributed by atoms with Gasteiger partial charge >= 0.3 is 6.18 Å². The summed E-state index contributed by atoms with van der Waals surface area (Å²) < 4.78 is 72.9. The van der Waals surface area contributed by atoms with Crippen LogP contribution in [-0.4, -0.2) is 43.5 Å². The Morgan fingerprint density at radius 3 is 2.50 bits per heavy atom. The first-order chi connectivity index (χ1) is 16.9. The highest BCUT2D eigenvalue weighted by Crippen LogP contribution is 2.34. The minimum Gasteiger partial charge on any atom is -0.481 e. The number of hydrogen-bond donors (Lipinski definition) is 1. The Labute approximate surface area is 211 Å². The number of anilines is 2. The predicted molar refractivity (Wildman–Crippen MR) is 132 cm³/mol. The molecule has 2 aromatic heterocycles. The zero-order chi connectivity index (χ0) is 26.3. The predicted octanol–water partition coefficient (Wildman–Crippen LogP) is 5.76. The topological polar surface area (TPSA) is 76.5 Å². The Hall–Kier alpha value is -3.28. The number of nitrogens with zero attached hydrogens (tertiary/aromatic N) is 3. The van der Waals surface area contributed by atoms with Crippen molar-refractivity contribution in [3.05, 3.63) is 77.1 Å². The van der Waals surface area contributed by atoms with Crippen molar-refractivity contribution in [1.82, 2.24) is 13.9 Å². The second kappa shape index (κ2) is 9.64. The molecule has 190 valence electrons. The third-order valence-corrected chi connectivity index (χ3v) is 7.33. The molecule has 4 aromatic rings. The van der Waals surface area contributed by atoms with Gasteiger partial charge in [-0.2, -0.15) is 18.2 Å². The molecule has 0 radical (unpaired) electrons. The number of hydrogen-bond acceptors (Lipinski definition) is 6. The number of nitrogens with one attached hydrogen (secondary N) is 1. The first kappa shape index (κ1) is 25.8. The maximum absolute atomic E-state index is 13.5. The second-order valence-corrected chi connectivity index (χ2v) is 10.4. The van der Waals surface area contributed by atoms with Crippen molar-refractivity contribution in [3.63, 3.8) is 0 Å². The van der Waals surface area contributed by atoms with Crippen LogP contribution in [0.3, 0.4) is 0 Å². The molecule has 0 bridgehead atoms. The van der Waals surface area contributed by atoms with Crippen LogP contribution in [0, 0.1) is 0 Å². The van der Waals surface area contributed by atoms with E-state index in [1.165, 1.54) is 13.3 Å². The van der Waals surface area contributed by atoms with Crippen LogP contribution in [0.25, 0.3) is 10.9 Å². The van der Waals surface area contributed by atoms with Crippen molar-refractivity contribution in [2.45, 2.75) is 17.6 Å². The van der Waals surface area contributed by atoms with Gasteiger partial charge in [-0.25, -0.2) is 12.4 Å². The zero-order valence-electron chi connectivity index (χ0n) is 19.5. The summed E-state index contributed by atoms with van der Waals surface area (Å²) in [4.78, 5) is 5.49. The minimum absolute atomic E-state index is 0.148. The van der Waals surface area contributed by atoms with E-state index in [0.29, 0.717) is 46.3 Å². The van der Waals surface area contributed by atoms with Crippen molar-refractivity contribution >= 4 is 43.9 Å². The zero-order valence-corrected chi connectivity index (χ0v) is 21.0. The molecule has 0 saturated heterocycles. The minimum atomic E-state index is -4.68. The standard InChI is InChI=1S/C24H22ClF3N4O3S/c1-31(2)13-15-14-32(36(33,34)18-6-4-5-16(11-18)24(26,27)28)21-12-17(7-8-19(15)21)29-20-9-10-22(35-3)30-23(20)25/h4-12,14,29H,13H2,1-3H3. The van der Waals surface area contributed by atoms with E-state index in [1.54, 1.807) is 30.3 Å². The van der Waals surface area contributed by atoms with Crippen LogP contribution in [0.2, 0.25) is 5.15 Å². The van der Waals surface area contributed by atoms with Gasteiger partial charge in [0.25, 0.3) is 10.0 Å². The lowest BCUT2D eigenvalue weighted by Crippen LogP contribution is -2.14. The fourth-order valence-electron chi connectivity index (χ4n) is 3.74. The molecule has 0 saturated carbocycles. The Balaban J connectivity index is 1.84. The Kier molecular flexibility index (Phi) is 6.91. The van der Waals surface area contributed by atoms with Crippen molar-refractivity contribution in [1.29, 1.82) is 0 Å². The molecule has 0 unspecified atom stereocenters. The number of ether oxygens (including phenoxy) is 1. The van der Waals surface area contributed by atoms with Crippen LogP contribution in [0.5, 0.6) is 5.88 Å². The highest BCUT2D eigenvalue weighted by Gasteiger charge is 2.32. The fourth-order valence-corrected chi connectivity index (χ4v) is 5.36. The van der Waals surface area contributed by atoms with Crippen LogP contribution >= 0.6 is 11.6 Å². The van der Waals surface area contributed by atoms with Gasteiger partial charge in [0.05, 0.1) is 28.8 Å². The first-order valence-corrected chi connectivity index (χ1v) is 12.4. The van der Waals surface area contributed by atoms with Crippen molar-refractivity contribution < 1.29 is 26.3 Å². The van der Waals surface area contributed by atoms with E-state index in [0.717, 1.165) is 22.2 Å². The van der Waals surface area contributed by atoms with Crippen molar-refractivity contribution in [2.75, 3.05) is 26.5 Å². The number of alkyl halides is 3. The molecule has 0 aliphatic heterocycles. The largest absolute Gasteiger partial charge is 0.481 e. The molecule has 0 amide bonds. The lowest BCUT2D eigenvalue weighted by Gasteiger charge is -2.12. The van der Waals surface area contributed by atoms with Gasteiger partial charge in [0.15, 0.2) is 5.15 Å². The summed E-state index contributed by atoms with van der Waals surface area (Å²) in [6.07, 6.45) is -3.24. The van der Waals surface area contributed by atoms with E-state index in [2.05, 4.69) is 10.3 Å². The van der Waals surface area contributed by atoms with Gasteiger partial charge < -0.3 is 15.0 Å². The highest BCUT2D eigenvalue weighted by molar-refractivity contribution is 7.90. The van der Waals surface area contributed by atoms with E-state index < -0.39 is 26.7 Å². The maximum Gasteiger partial charge on any atom is 0.416 e. The molecule has 2 heterocycles. The molecule has 0 spiro atoms. The van der Waals surface area contributed by atoms with Crippen LogP contribution in [0.15, 0.2) is 65.7 Å². The lowest BCUT2D eigenvalue weighted by molar-refractivity contribution is -0.137. The van der Waals surface area contributed by atoms with Gasteiger partial charge in [0.2, 0.25) is 5.88 Å². The smallest absolute Gasteiger partial charge is 0.416 e. The fraction of sp³-hybridized carbons (Fsp3) is 0.208. The molecule has 1 N–H and O–H groups in total. The van der Waals surface area contributed by atoms with Gasteiger partial charge in [-0.1, -0.05) is 23.7 Å². The Morgan fingerprint density at radius 2 is 1.86 bits per heavy atom. The van der Waals surface area contributed by atoms with Crippen molar-refractivity contribution in [2.24, 2.45) is 0 Å². The average molecular weight is 539 g/mol. The summed E-state index contributed by atoms with van der Waals surface area (Å²) in [7, 11) is 0.772. The third kappa shape index (κ3) is 5.13. The van der Waals surface area contributed by atoms with Crippen LogP contribution in [0.1, 0.15) is 11.1 Å². The van der Waals surface area contributed by atoms with E-state index in [4.69, 9.17) is 16.3 Å². The summed E-state index contributed by atoms with van der Waals surface area (Å²) in [5, 5.41) is 3.89. The van der Waals surface area contributed by atoms with Gasteiger partial charge in [0.1, 0.15) is 0 Å². The van der Waals surface area contributed by atoms with Crippen LogP contribution in [-0.2, 0) is 22.7 Å². The molecule has 36 heavy (non-hydrogen) atoms. The molecule has 2 aromatic carbocycles. The first-order valence-electron chi connectivity index (χ1n) is 10.6. The molecule has 0 aliphatic rings. The van der Waals surface area contributed by atoms with Gasteiger partial charge in [-0.05, 0) is 56.1 Å². The normalized spacial score (nSPS) is 12.3. The molecule has 0 atom stereocenters. The molecular weight excluding hydrogens is 517 g/mol. The third-order valence-electron chi connectivity index (χ3n) is 5.37. The second-order valence-electron chi connectivity index (χ2n) is 8.27. The Morgan fingerprint density at radius 1 is 1.11 bits per heavy atom. The molecule has 7 nitrogen and oxygen atoms in total. The number of benzene rings is 2. The summed E-state index contributed by atoms with van der Waals surface area (Å²) >= 11 is 6.22. The molecule has 4 rings (SSSR count).